The molecule has 1 aliphatic rings. The van der Waals surface area contributed by atoms with Crippen molar-refractivity contribution in [1.29, 1.82) is 0 Å². The summed E-state index contributed by atoms with van der Waals surface area (Å²) in [6.45, 7) is 7.64. The van der Waals surface area contributed by atoms with Gasteiger partial charge in [0.1, 0.15) is 5.82 Å². The summed E-state index contributed by atoms with van der Waals surface area (Å²) in [7, 11) is 0. The Morgan fingerprint density at radius 3 is 2.69 bits per heavy atom. The summed E-state index contributed by atoms with van der Waals surface area (Å²) in [5.74, 6) is 0.629. The van der Waals surface area contributed by atoms with Gasteiger partial charge in [-0.1, -0.05) is 13.8 Å². The zero-order chi connectivity index (χ0) is 18.7. The maximum Gasteiger partial charge on any atom is 0.222 e. The van der Waals surface area contributed by atoms with Crippen molar-refractivity contribution in [2.45, 2.75) is 39.5 Å². The van der Waals surface area contributed by atoms with Crippen molar-refractivity contribution in [3.63, 3.8) is 0 Å². The van der Waals surface area contributed by atoms with Gasteiger partial charge in [-0.3, -0.25) is 9.78 Å². The predicted octanol–water partition coefficient (Wildman–Crippen LogP) is 4.63. The van der Waals surface area contributed by atoms with Gasteiger partial charge in [0.2, 0.25) is 5.91 Å². The summed E-state index contributed by atoms with van der Waals surface area (Å²) in [5.41, 5.74) is 3.71. The summed E-state index contributed by atoms with van der Waals surface area (Å²) >= 11 is 0. The largest absolute Gasteiger partial charge is 0.355 e. The number of aromatic nitrogens is 1. The Bertz CT molecular complexity index is 773. The van der Waals surface area contributed by atoms with E-state index in [1.807, 2.05) is 24.0 Å². The number of carbonyl (C=O) groups excluding carboxylic acids is 1. The van der Waals surface area contributed by atoms with Gasteiger partial charge in [0, 0.05) is 48.2 Å². The molecule has 3 rings (SSSR count). The molecule has 1 fully saturated rings. The van der Waals surface area contributed by atoms with E-state index in [-0.39, 0.29) is 17.6 Å². The summed E-state index contributed by atoms with van der Waals surface area (Å²) < 4.78 is 13.1. The average Bonchev–Trinajstić information content (AvgIpc) is 3.06. The molecule has 1 aromatic heterocycles. The van der Waals surface area contributed by atoms with Crippen LogP contribution in [0.2, 0.25) is 0 Å². The van der Waals surface area contributed by atoms with E-state index in [1.54, 1.807) is 12.1 Å². The quantitative estimate of drug-likeness (QED) is 0.850. The SMILES string of the molecule is Cc1cc(Nc2ccc(F)cc2)cc(C2CCN(C(=O)CC(C)C)C2)n1. The number of hydrogen-bond donors (Lipinski definition) is 1. The first-order valence-corrected chi connectivity index (χ1v) is 9.19. The lowest BCUT2D eigenvalue weighted by Gasteiger charge is -2.18. The Balaban J connectivity index is 1.72. The Morgan fingerprint density at radius 2 is 2.00 bits per heavy atom. The smallest absolute Gasteiger partial charge is 0.222 e. The maximum atomic E-state index is 13.1. The van der Waals surface area contributed by atoms with E-state index in [2.05, 4.69) is 24.1 Å². The van der Waals surface area contributed by atoms with E-state index < -0.39 is 0 Å². The number of halogens is 1. The lowest BCUT2D eigenvalue weighted by atomic mass is 10.0. The van der Waals surface area contributed by atoms with Gasteiger partial charge in [-0.15, -0.1) is 0 Å². The molecule has 2 aromatic rings. The van der Waals surface area contributed by atoms with Crippen LogP contribution in [0.5, 0.6) is 0 Å². The van der Waals surface area contributed by atoms with Crippen molar-refractivity contribution in [1.82, 2.24) is 9.88 Å². The van der Waals surface area contributed by atoms with Gasteiger partial charge in [0.05, 0.1) is 0 Å². The Morgan fingerprint density at radius 1 is 1.27 bits per heavy atom. The summed E-state index contributed by atoms with van der Waals surface area (Å²) in [6, 6.07) is 10.3. The molecule has 138 valence electrons. The number of likely N-dealkylation sites (tertiary alicyclic amines) is 1. The van der Waals surface area contributed by atoms with Crippen molar-refractivity contribution >= 4 is 17.3 Å². The fourth-order valence-electron chi connectivity index (χ4n) is 3.38. The molecule has 2 heterocycles. The fraction of sp³-hybridized carbons (Fsp3) is 0.429. The first kappa shape index (κ1) is 18.4. The van der Waals surface area contributed by atoms with Crippen LogP contribution < -0.4 is 5.32 Å². The highest BCUT2D eigenvalue weighted by Crippen LogP contribution is 2.29. The fourth-order valence-corrected chi connectivity index (χ4v) is 3.38. The van der Waals surface area contributed by atoms with E-state index in [0.29, 0.717) is 12.3 Å². The van der Waals surface area contributed by atoms with Crippen LogP contribution >= 0.6 is 0 Å². The molecule has 1 unspecified atom stereocenters. The molecule has 1 aliphatic heterocycles. The van der Waals surface area contributed by atoms with Crippen molar-refractivity contribution in [2.24, 2.45) is 5.92 Å². The molecular weight excluding hydrogens is 329 g/mol. The van der Waals surface area contributed by atoms with Crippen LogP contribution in [-0.2, 0) is 4.79 Å². The lowest BCUT2D eigenvalue weighted by Crippen LogP contribution is -2.29. The van der Waals surface area contributed by atoms with Crippen LogP contribution in [0.15, 0.2) is 36.4 Å². The predicted molar refractivity (Wildman–Crippen MR) is 102 cm³/mol. The molecule has 4 nitrogen and oxygen atoms in total. The highest BCUT2D eigenvalue weighted by atomic mass is 19.1. The first-order chi connectivity index (χ1) is 12.4. The number of nitrogens with zero attached hydrogens (tertiary/aromatic N) is 2. The Labute approximate surface area is 154 Å². The molecular formula is C21H26FN3O. The molecule has 0 aliphatic carbocycles. The Kier molecular flexibility index (Phi) is 5.55. The Hall–Kier alpha value is -2.43. The molecule has 1 atom stereocenters. The van der Waals surface area contributed by atoms with E-state index in [1.165, 1.54) is 12.1 Å². The van der Waals surface area contributed by atoms with Gasteiger partial charge < -0.3 is 10.2 Å². The summed E-state index contributed by atoms with van der Waals surface area (Å²) in [6.07, 6.45) is 1.54. The summed E-state index contributed by atoms with van der Waals surface area (Å²) in [4.78, 5) is 18.9. The topological polar surface area (TPSA) is 45.2 Å². The molecule has 0 saturated carbocycles. The van der Waals surface area contributed by atoms with Crippen LogP contribution in [0.25, 0.3) is 0 Å². The molecule has 1 saturated heterocycles. The highest BCUT2D eigenvalue weighted by Gasteiger charge is 2.28. The third-order valence-corrected chi connectivity index (χ3v) is 4.65. The minimum Gasteiger partial charge on any atom is -0.355 e. The van der Waals surface area contributed by atoms with Crippen LogP contribution in [0, 0.1) is 18.7 Å². The minimum absolute atomic E-state index is 0.236. The van der Waals surface area contributed by atoms with Gasteiger partial charge in [0.15, 0.2) is 0 Å². The number of aryl methyl sites for hydroxylation is 1. The van der Waals surface area contributed by atoms with Crippen molar-refractivity contribution in [3.05, 3.63) is 53.6 Å². The summed E-state index contributed by atoms with van der Waals surface area (Å²) in [5, 5.41) is 3.31. The van der Waals surface area contributed by atoms with Crippen LogP contribution in [0.3, 0.4) is 0 Å². The van der Waals surface area contributed by atoms with E-state index in [4.69, 9.17) is 0 Å². The molecule has 0 radical (unpaired) electrons. The molecule has 1 aromatic carbocycles. The standard InChI is InChI=1S/C21H26FN3O/c1-14(2)10-21(26)25-9-8-16(13-25)20-12-19(11-15(3)23-20)24-18-6-4-17(22)5-7-18/h4-7,11-12,14,16H,8-10,13H2,1-3H3,(H,23,24). The van der Waals surface area contributed by atoms with Gasteiger partial charge in [-0.25, -0.2) is 4.39 Å². The van der Waals surface area contributed by atoms with Crippen molar-refractivity contribution in [3.8, 4) is 0 Å². The minimum atomic E-state index is -0.251. The normalized spacial score (nSPS) is 17.0. The second-order valence-electron chi connectivity index (χ2n) is 7.48. The molecule has 26 heavy (non-hydrogen) atoms. The average molecular weight is 355 g/mol. The van der Waals surface area contributed by atoms with Crippen LogP contribution in [0.4, 0.5) is 15.8 Å². The van der Waals surface area contributed by atoms with Gasteiger partial charge in [0.25, 0.3) is 0 Å². The molecule has 1 amide bonds. The van der Waals surface area contributed by atoms with Gasteiger partial charge >= 0.3 is 0 Å². The third kappa shape index (κ3) is 4.59. The van der Waals surface area contributed by atoms with E-state index in [9.17, 15) is 9.18 Å². The number of pyridine rings is 1. The van der Waals surface area contributed by atoms with Crippen LogP contribution in [-0.4, -0.2) is 28.9 Å². The lowest BCUT2D eigenvalue weighted by molar-refractivity contribution is -0.130. The molecule has 1 N–H and O–H groups in total. The number of rotatable bonds is 5. The number of amides is 1. The third-order valence-electron chi connectivity index (χ3n) is 4.65. The van der Waals surface area contributed by atoms with Crippen LogP contribution in [0.1, 0.15) is 44.0 Å². The molecule has 0 bridgehead atoms. The number of carbonyl (C=O) groups is 1. The number of nitrogens with one attached hydrogen (secondary N) is 1. The van der Waals surface area contributed by atoms with Crippen molar-refractivity contribution < 1.29 is 9.18 Å². The van der Waals surface area contributed by atoms with Gasteiger partial charge in [-0.05, 0) is 55.7 Å². The number of anilines is 2. The highest BCUT2D eigenvalue weighted by molar-refractivity contribution is 5.76. The maximum absolute atomic E-state index is 13.1. The number of benzene rings is 1. The van der Waals surface area contributed by atoms with Crippen molar-refractivity contribution in [2.75, 3.05) is 18.4 Å². The molecule has 5 heteroatoms. The first-order valence-electron chi connectivity index (χ1n) is 9.19. The van der Waals surface area contributed by atoms with E-state index >= 15 is 0 Å². The second-order valence-corrected chi connectivity index (χ2v) is 7.48. The zero-order valence-corrected chi connectivity index (χ0v) is 15.6. The zero-order valence-electron chi connectivity index (χ0n) is 15.6. The monoisotopic (exact) mass is 355 g/mol. The number of hydrogen-bond acceptors (Lipinski definition) is 3. The second kappa shape index (κ2) is 7.85. The molecule has 0 spiro atoms. The van der Waals surface area contributed by atoms with Gasteiger partial charge in [-0.2, -0.15) is 0 Å². The van der Waals surface area contributed by atoms with E-state index in [0.717, 1.165) is 42.3 Å².